The van der Waals surface area contributed by atoms with E-state index in [1.165, 1.54) is 0 Å². The van der Waals surface area contributed by atoms with E-state index in [2.05, 4.69) is 15.9 Å². The molecule has 66 valence electrons. The van der Waals surface area contributed by atoms with E-state index in [4.69, 9.17) is 11.6 Å². The average molecular weight is 259 g/mol. The molecule has 0 radical (unpaired) electrons. The van der Waals surface area contributed by atoms with Crippen molar-refractivity contribution >= 4 is 27.5 Å². The van der Waals surface area contributed by atoms with Crippen molar-refractivity contribution in [2.45, 2.75) is 5.88 Å². The van der Waals surface area contributed by atoms with Crippen molar-refractivity contribution < 1.29 is 13.2 Å². The lowest BCUT2D eigenvalue weighted by Crippen LogP contribution is -1.96. The quantitative estimate of drug-likeness (QED) is 0.411. The highest BCUT2D eigenvalue weighted by Gasteiger charge is 2.16. The molecule has 0 atom stereocenters. The van der Waals surface area contributed by atoms with Crippen molar-refractivity contribution in [1.29, 1.82) is 0 Å². The maximum absolute atomic E-state index is 12.7. The second kappa shape index (κ2) is 3.66. The van der Waals surface area contributed by atoms with Crippen LogP contribution in [0.1, 0.15) is 5.56 Å². The zero-order valence-corrected chi connectivity index (χ0v) is 8.02. The Balaban J connectivity index is 3.39. The highest BCUT2D eigenvalue weighted by Crippen LogP contribution is 2.24. The maximum atomic E-state index is 12.7. The van der Waals surface area contributed by atoms with E-state index in [1.807, 2.05) is 0 Å². The smallest absolute Gasteiger partial charge is 0.195 e. The zero-order chi connectivity index (χ0) is 9.30. The Hall–Kier alpha value is -0.220. The van der Waals surface area contributed by atoms with Gasteiger partial charge < -0.3 is 0 Å². The monoisotopic (exact) mass is 258 g/mol. The lowest BCUT2D eigenvalue weighted by atomic mass is 10.2. The van der Waals surface area contributed by atoms with Gasteiger partial charge in [-0.25, -0.2) is 13.2 Å². The molecule has 5 heteroatoms. The highest BCUT2D eigenvalue weighted by atomic mass is 79.9. The van der Waals surface area contributed by atoms with E-state index in [0.29, 0.717) is 0 Å². The molecule has 0 aromatic heterocycles. The van der Waals surface area contributed by atoms with Crippen LogP contribution in [0.2, 0.25) is 0 Å². The number of hydrogen-bond donors (Lipinski definition) is 0. The van der Waals surface area contributed by atoms with Gasteiger partial charge in [0.2, 0.25) is 0 Å². The van der Waals surface area contributed by atoms with Crippen molar-refractivity contribution in [3.63, 3.8) is 0 Å². The van der Waals surface area contributed by atoms with Gasteiger partial charge in [0.05, 0.1) is 10.4 Å². The molecule has 0 amide bonds. The van der Waals surface area contributed by atoms with Gasteiger partial charge in [0.1, 0.15) is 0 Å². The van der Waals surface area contributed by atoms with Crippen LogP contribution in [0.3, 0.4) is 0 Å². The van der Waals surface area contributed by atoms with Gasteiger partial charge in [-0.05, 0) is 22.0 Å². The zero-order valence-electron chi connectivity index (χ0n) is 5.67. The Morgan fingerprint density at radius 2 is 1.75 bits per heavy atom. The molecule has 0 heterocycles. The summed E-state index contributed by atoms with van der Waals surface area (Å²) in [5.74, 6) is -4.16. The fraction of sp³-hybridized carbons (Fsp3) is 0.143. The molecule has 0 aliphatic heterocycles. The fourth-order valence-electron chi connectivity index (χ4n) is 0.719. The standard InChI is InChI=1S/C7H3BrClF3/c8-4-1-3(2-9)5(10)7(12)6(4)11/h1H,2H2. The fourth-order valence-corrected chi connectivity index (χ4v) is 1.36. The van der Waals surface area contributed by atoms with Crippen LogP contribution in [-0.2, 0) is 5.88 Å². The van der Waals surface area contributed by atoms with Crippen LogP contribution in [0.25, 0.3) is 0 Å². The van der Waals surface area contributed by atoms with Crippen LogP contribution in [-0.4, -0.2) is 0 Å². The summed E-state index contributed by atoms with van der Waals surface area (Å²) in [5, 5.41) is 0. The van der Waals surface area contributed by atoms with Crippen molar-refractivity contribution in [3.05, 3.63) is 33.6 Å². The van der Waals surface area contributed by atoms with E-state index in [1.54, 1.807) is 0 Å². The second-order valence-corrected chi connectivity index (χ2v) is 3.21. The summed E-state index contributed by atoms with van der Waals surface area (Å²) in [6, 6.07) is 1.11. The maximum Gasteiger partial charge on any atom is 0.195 e. The van der Waals surface area contributed by atoms with Crippen molar-refractivity contribution in [2.75, 3.05) is 0 Å². The third kappa shape index (κ3) is 1.59. The molecule has 1 aromatic rings. The first-order valence-electron chi connectivity index (χ1n) is 2.95. The van der Waals surface area contributed by atoms with Gasteiger partial charge in [-0.2, -0.15) is 0 Å². The Labute approximate surface area is 80.5 Å². The second-order valence-electron chi connectivity index (χ2n) is 2.09. The van der Waals surface area contributed by atoms with Crippen LogP contribution in [0.5, 0.6) is 0 Å². The minimum absolute atomic E-state index is 0.0672. The predicted molar refractivity (Wildman–Crippen MR) is 43.6 cm³/mol. The largest absolute Gasteiger partial charge is 0.203 e. The van der Waals surface area contributed by atoms with Gasteiger partial charge in [0.25, 0.3) is 0 Å². The van der Waals surface area contributed by atoms with Crippen molar-refractivity contribution in [1.82, 2.24) is 0 Å². The molecule has 0 saturated heterocycles. The summed E-state index contributed by atoms with van der Waals surface area (Å²) in [5.41, 5.74) is -0.0672. The summed E-state index contributed by atoms with van der Waals surface area (Å²) in [4.78, 5) is 0. The van der Waals surface area contributed by atoms with Gasteiger partial charge >= 0.3 is 0 Å². The van der Waals surface area contributed by atoms with Gasteiger partial charge in [-0.1, -0.05) is 0 Å². The molecule has 12 heavy (non-hydrogen) atoms. The van der Waals surface area contributed by atoms with Crippen LogP contribution in [0.15, 0.2) is 10.5 Å². The van der Waals surface area contributed by atoms with Gasteiger partial charge in [-0.3, -0.25) is 0 Å². The summed E-state index contributed by atoms with van der Waals surface area (Å²) < 4.78 is 37.8. The van der Waals surface area contributed by atoms with Crippen LogP contribution < -0.4 is 0 Å². The molecule has 0 spiro atoms. The molecule has 1 aromatic carbocycles. The molecular formula is C7H3BrClF3. The molecule has 0 aliphatic rings. The van der Waals surface area contributed by atoms with Crippen LogP contribution in [0, 0.1) is 17.5 Å². The molecule has 0 nitrogen and oxygen atoms in total. The molecule has 0 fully saturated rings. The molecule has 0 saturated carbocycles. The van der Waals surface area contributed by atoms with Crippen molar-refractivity contribution in [3.8, 4) is 0 Å². The SMILES string of the molecule is Fc1c(Br)cc(CCl)c(F)c1F. The minimum Gasteiger partial charge on any atom is -0.203 e. The lowest BCUT2D eigenvalue weighted by molar-refractivity contribution is 0.440. The highest BCUT2D eigenvalue weighted by molar-refractivity contribution is 9.10. The van der Waals surface area contributed by atoms with E-state index in [0.717, 1.165) is 6.07 Å². The Kier molecular flexibility index (Phi) is 3.01. The van der Waals surface area contributed by atoms with Crippen LogP contribution >= 0.6 is 27.5 Å². The number of hydrogen-bond acceptors (Lipinski definition) is 0. The van der Waals surface area contributed by atoms with Crippen molar-refractivity contribution in [2.24, 2.45) is 0 Å². The normalized spacial score (nSPS) is 10.4. The number of halogens is 5. The number of alkyl halides is 1. The molecule has 0 bridgehead atoms. The summed E-state index contributed by atoms with van der Waals surface area (Å²) >= 11 is 8.01. The first-order chi connectivity index (χ1) is 5.57. The van der Waals surface area contributed by atoms with E-state index >= 15 is 0 Å². The predicted octanol–water partition coefficient (Wildman–Crippen LogP) is 3.61. The third-order valence-electron chi connectivity index (χ3n) is 1.32. The molecule has 0 aliphatic carbocycles. The van der Waals surface area contributed by atoms with Crippen LogP contribution in [0.4, 0.5) is 13.2 Å². The van der Waals surface area contributed by atoms with E-state index in [-0.39, 0.29) is 15.9 Å². The molecular weight excluding hydrogens is 256 g/mol. The summed E-state index contributed by atoms with van der Waals surface area (Å²) in [7, 11) is 0. The Bertz CT molecular complexity index is 314. The Morgan fingerprint density at radius 3 is 2.25 bits per heavy atom. The summed E-state index contributed by atoms with van der Waals surface area (Å²) in [6.07, 6.45) is 0. The topological polar surface area (TPSA) is 0 Å². The van der Waals surface area contributed by atoms with Gasteiger partial charge in [0, 0.05) is 5.56 Å². The lowest BCUT2D eigenvalue weighted by Gasteiger charge is -2.02. The number of rotatable bonds is 1. The summed E-state index contributed by atoms with van der Waals surface area (Å²) in [6.45, 7) is 0. The third-order valence-corrected chi connectivity index (χ3v) is 2.19. The minimum atomic E-state index is -1.50. The first-order valence-corrected chi connectivity index (χ1v) is 4.28. The average Bonchev–Trinajstić information content (AvgIpc) is 2.08. The van der Waals surface area contributed by atoms with Gasteiger partial charge in [0.15, 0.2) is 17.5 Å². The number of benzene rings is 1. The van der Waals surface area contributed by atoms with E-state index < -0.39 is 17.5 Å². The molecule has 0 N–H and O–H groups in total. The van der Waals surface area contributed by atoms with Gasteiger partial charge in [-0.15, -0.1) is 11.6 Å². The molecule has 0 unspecified atom stereocenters. The molecule has 1 rings (SSSR count). The first kappa shape index (κ1) is 9.86. The van der Waals surface area contributed by atoms with E-state index in [9.17, 15) is 13.2 Å². The Morgan fingerprint density at radius 1 is 1.17 bits per heavy atom.